The van der Waals surface area contributed by atoms with Gasteiger partial charge in [-0.2, -0.15) is 5.10 Å². The van der Waals surface area contributed by atoms with E-state index in [1.54, 1.807) is 0 Å². The molecule has 2 atom stereocenters. The van der Waals surface area contributed by atoms with Gasteiger partial charge in [-0.15, -0.1) is 0 Å². The second-order valence-electron chi connectivity index (χ2n) is 4.68. The summed E-state index contributed by atoms with van der Waals surface area (Å²) < 4.78 is 1.95. The van der Waals surface area contributed by atoms with Crippen molar-refractivity contribution in [2.24, 2.45) is 17.6 Å². The van der Waals surface area contributed by atoms with E-state index in [1.165, 1.54) is 5.56 Å². The van der Waals surface area contributed by atoms with Gasteiger partial charge >= 0.3 is 0 Å². The summed E-state index contributed by atoms with van der Waals surface area (Å²) >= 11 is 0. The summed E-state index contributed by atoms with van der Waals surface area (Å²) in [7, 11) is 0. The second kappa shape index (κ2) is 5.31. The topological polar surface area (TPSA) is 43.8 Å². The van der Waals surface area contributed by atoms with Crippen LogP contribution in [-0.2, 0) is 13.0 Å². The lowest BCUT2D eigenvalue weighted by atomic mass is 9.88. The fourth-order valence-corrected chi connectivity index (χ4v) is 1.64. The summed E-state index contributed by atoms with van der Waals surface area (Å²) in [6, 6.07) is 0.236. The summed E-state index contributed by atoms with van der Waals surface area (Å²) in [5, 5.41) is 4.25. The van der Waals surface area contributed by atoms with Crippen molar-refractivity contribution in [3.05, 3.63) is 18.0 Å². The summed E-state index contributed by atoms with van der Waals surface area (Å²) in [5.74, 6) is 1.19. The SMILES string of the molecule is CCn1cc(CC(N)C(C)C(C)C)cn1. The standard InChI is InChI=1S/C12H23N3/c1-5-15-8-11(7-14-15)6-12(13)10(4)9(2)3/h7-10,12H,5-6,13H2,1-4H3. The number of rotatable bonds is 5. The zero-order valence-corrected chi connectivity index (χ0v) is 10.3. The molecule has 15 heavy (non-hydrogen) atoms. The van der Waals surface area contributed by atoms with Gasteiger partial charge in [0.15, 0.2) is 0 Å². The monoisotopic (exact) mass is 209 g/mol. The lowest BCUT2D eigenvalue weighted by Gasteiger charge is -2.22. The Bertz CT molecular complexity index is 291. The van der Waals surface area contributed by atoms with E-state index >= 15 is 0 Å². The molecule has 0 saturated carbocycles. The Morgan fingerprint density at radius 3 is 2.53 bits per heavy atom. The van der Waals surface area contributed by atoms with Crippen LogP contribution in [0, 0.1) is 11.8 Å². The van der Waals surface area contributed by atoms with Gasteiger partial charge in [0, 0.05) is 18.8 Å². The Labute approximate surface area is 92.7 Å². The van der Waals surface area contributed by atoms with Gasteiger partial charge < -0.3 is 5.73 Å². The van der Waals surface area contributed by atoms with E-state index in [-0.39, 0.29) is 6.04 Å². The van der Waals surface area contributed by atoms with Crippen molar-refractivity contribution in [2.75, 3.05) is 0 Å². The van der Waals surface area contributed by atoms with E-state index in [0.717, 1.165) is 13.0 Å². The fraction of sp³-hybridized carbons (Fsp3) is 0.750. The maximum Gasteiger partial charge on any atom is 0.0522 e. The zero-order valence-electron chi connectivity index (χ0n) is 10.3. The minimum absolute atomic E-state index is 0.236. The van der Waals surface area contributed by atoms with Gasteiger partial charge in [0.1, 0.15) is 0 Å². The molecule has 0 aliphatic heterocycles. The highest BCUT2D eigenvalue weighted by atomic mass is 15.3. The number of nitrogens with two attached hydrogens (primary N) is 1. The van der Waals surface area contributed by atoms with Crippen LogP contribution in [0.3, 0.4) is 0 Å². The normalized spacial score (nSPS) is 15.6. The van der Waals surface area contributed by atoms with Crippen molar-refractivity contribution in [2.45, 2.75) is 46.7 Å². The van der Waals surface area contributed by atoms with E-state index in [9.17, 15) is 0 Å². The van der Waals surface area contributed by atoms with Crippen LogP contribution in [-0.4, -0.2) is 15.8 Å². The van der Waals surface area contributed by atoms with Gasteiger partial charge in [-0.1, -0.05) is 20.8 Å². The first-order valence-electron chi connectivity index (χ1n) is 5.81. The molecule has 3 heteroatoms. The first-order chi connectivity index (χ1) is 7.04. The van der Waals surface area contributed by atoms with E-state index in [1.807, 2.05) is 10.9 Å². The third-order valence-corrected chi connectivity index (χ3v) is 3.21. The summed E-state index contributed by atoms with van der Waals surface area (Å²) in [5.41, 5.74) is 7.41. The number of aryl methyl sites for hydroxylation is 1. The highest BCUT2D eigenvalue weighted by molar-refractivity contribution is 5.06. The molecular weight excluding hydrogens is 186 g/mol. The highest BCUT2D eigenvalue weighted by Crippen LogP contribution is 2.16. The molecule has 2 unspecified atom stereocenters. The smallest absolute Gasteiger partial charge is 0.0522 e. The molecule has 1 heterocycles. The van der Waals surface area contributed by atoms with Crippen LogP contribution in [0.2, 0.25) is 0 Å². The van der Waals surface area contributed by atoms with Crippen molar-refractivity contribution in [1.82, 2.24) is 9.78 Å². The van der Waals surface area contributed by atoms with Crippen molar-refractivity contribution >= 4 is 0 Å². The Hall–Kier alpha value is -0.830. The van der Waals surface area contributed by atoms with Gasteiger partial charge in [0.2, 0.25) is 0 Å². The van der Waals surface area contributed by atoms with Gasteiger partial charge in [0.25, 0.3) is 0 Å². The minimum atomic E-state index is 0.236. The molecule has 86 valence electrons. The maximum atomic E-state index is 6.16. The van der Waals surface area contributed by atoms with Gasteiger partial charge in [-0.25, -0.2) is 0 Å². The molecule has 2 N–H and O–H groups in total. The Morgan fingerprint density at radius 1 is 1.40 bits per heavy atom. The second-order valence-corrected chi connectivity index (χ2v) is 4.68. The fourth-order valence-electron chi connectivity index (χ4n) is 1.64. The number of aromatic nitrogens is 2. The van der Waals surface area contributed by atoms with E-state index < -0.39 is 0 Å². The lowest BCUT2D eigenvalue weighted by Crippen LogP contribution is -2.33. The summed E-state index contributed by atoms with van der Waals surface area (Å²) in [6.45, 7) is 9.68. The van der Waals surface area contributed by atoms with Crippen LogP contribution < -0.4 is 5.73 Å². The van der Waals surface area contributed by atoms with Crippen LogP contribution in [0.5, 0.6) is 0 Å². The lowest BCUT2D eigenvalue weighted by molar-refractivity contribution is 0.344. The van der Waals surface area contributed by atoms with Crippen LogP contribution in [0.25, 0.3) is 0 Å². The largest absolute Gasteiger partial charge is 0.327 e. The molecule has 0 amide bonds. The Balaban J connectivity index is 2.54. The first kappa shape index (κ1) is 12.2. The van der Waals surface area contributed by atoms with Crippen LogP contribution in [0.15, 0.2) is 12.4 Å². The maximum absolute atomic E-state index is 6.16. The van der Waals surface area contributed by atoms with E-state index in [2.05, 4.69) is 39.0 Å². The van der Waals surface area contributed by atoms with Gasteiger partial charge in [-0.05, 0) is 30.7 Å². The molecule has 0 saturated heterocycles. The van der Waals surface area contributed by atoms with Crippen LogP contribution in [0.1, 0.15) is 33.3 Å². The molecule has 3 nitrogen and oxygen atoms in total. The third-order valence-electron chi connectivity index (χ3n) is 3.21. The Kier molecular flexibility index (Phi) is 4.33. The molecule has 0 aliphatic rings. The molecule has 0 aromatic carbocycles. The molecule has 1 aromatic rings. The van der Waals surface area contributed by atoms with Crippen molar-refractivity contribution < 1.29 is 0 Å². The molecule has 0 radical (unpaired) electrons. The quantitative estimate of drug-likeness (QED) is 0.806. The van der Waals surface area contributed by atoms with Crippen molar-refractivity contribution in [3.63, 3.8) is 0 Å². The highest BCUT2D eigenvalue weighted by Gasteiger charge is 2.17. The van der Waals surface area contributed by atoms with Gasteiger partial charge in [-0.3, -0.25) is 4.68 Å². The predicted molar refractivity (Wildman–Crippen MR) is 63.6 cm³/mol. The molecule has 1 rings (SSSR count). The average molecular weight is 209 g/mol. The predicted octanol–water partition coefficient (Wildman–Crippen LogP) is 2.06. The summed E-state index contributed by atoms with van der Waals surface area (Å²) in [4.78, 5) is 0. The molecular formula is C12H23N3. The number of hydrogen-bond donors (Lipinski definition) is 1. The number of hydrogen-bond acceptors (Lipinski definition) is 2. The van der Waals surface area contributed by atoms with Crippen molar-refractivity contribution in [3.8, 4) is 0 Å². The molecule has 0 aliphatic carbocycles. The van der Waals surface area contributed by atoms with Crippen LogP contribution in [0.4, 0.5) is 0 Å². The minimum Gasteiger partial charge on any atom is -0.327 e. The molecule has 0 fully saturated rings. The van der Waals surface area contributed by atoms with E-state index in [0.29, 0.717) is 11.8 Å². The van der Waals surface area contributed by atoms with E-state index in [4.69, 9.17) is 5.73 Å². The number of nitrogens with zero attached hydrogens (tertiary/aromatic N) is 2. The summed E-state index contributed by atoms with van der Waals surface area (Å²) in [6.07, 6.45) is 4.95. The van der Waals surface area contributed by atoms with Gasteiger partial charge in [0.05, 0.1) is 6.20 Å². The third kappa shape index (κ3) is 3.34. The first-order valence-corrected chi connectivity index (χ1v) is 5.81. The molecule has 0 spiro atoms. The molecule has 0 bridgehead atoms. The Morgan fingerprint density at radius 2 is 2.07 bits per heavy atom. The average Bonchev–Trinajstić information content (AvgIpc) is 2.64. The van der Waals surface area contributed by atoms with Crippen LogP contribution >= 0.6 is 0 Å². The van der Waals surface area contributed by atoms with Crippen molar-refractivity contribution in [1.29, 1.82) is 0 Å². The zero-order chi connectivity index (χ0) is 11.4. The molecule has 1 aromatic heterocycles.